The van der Waals surface area contributed by atoms with E-state index < -0.39 is 0 Å². The molecule has 0 amide bonds. The number of aliphatic hydroxyl groups excluding tert-OH is 1. The molecular formula is C16H28OS. The molecule has 0 aliphatic carbocycles. The Morgan fingerprint density at radius 3 is 2.33 bits per heavy atom. The molecule has 104 valence electrons. The number of hydrogen-bond acceptors (Lipinski definition) is 2. The van der Waals surface area contributed by atoms with Crippen LogP contribution in [0.4, 0.5) is 0 Å². The van der Waals surface area contributed by atoms with E-state index in [2.05, 4.69) is 39.8 Å². The lowest BCUT2D eigenvalue weighted by atomic mass is 9.95. The van der Waals surface area contributed by atoms with Crippen LogP contribution in [0, 0.1) is 0 Å². The molecule has 0 radical (unpaired) electrons. The molecule has 18 heavy (non-hydrogen) atoms. The SMILES string of the molecule is CCCCCCCC(O)c1ccc(C(C)(C)C)s1. The second-order valence-corrected chi connectivity index (χ2v) is 7.29. The Morgan fingerprint density at radius 2 is 1.78 bits per heavy atom. The van der Waals surface area contributed by atoms with Crippen LogP contribution in [0.5, 0.6) is 0 Å². The lowest BCUT2D eigenvalue weighted by molar-refractivity contribution is 0.167. The van der Waals surface area contributed by atoms with Crippen molar-refractivity contribution in [1.82, 2.24) is 0 Å². The van der Waals surface area contributed by atoms with E-state index in [-0.39, 0.29) is 11.5 Å². The zero-order valence-corrected chi connectivity index (χ0v) is 13.1. The Morgan fingerprint density at radius 1 is 1.11 bits per heavy atom. The molecule has 0 aliphatic heterocycles. The summed E-state index contributed by atoms with van der Waals surface area (Å²) >= 11 is 1.77. The maximum atomic E-state index is 10.2. The largest absolute Gasteiger partial charge is 0.388 e. The number of aliphatic hydroxyl groups is 1. The highest BCUT2D eigenvalue weighted by Gasteiger charge is 2.18. The molecule has 1 unspecified atom stereocenters. The van der Waals surface area contributed by atoms with Crippen LogP contribution >= 0.6 is 11.3 Å². The van der Waals surface area contributed by atoms with Crippen LogP contribution in [0.15, 0.2) is 12.1 Å². The lowest BCUT2D eigenvalue weighted by Gasteiger charge is -2.15. The standard InChI is InChI=1S/C16H28OS/c1-5-6-7-8-9-10-13(17)14-11-12-15(18-14)16(2,3)4/h11-13,17H,5-10H2,1-4H3. The van der Waals surface area contributed by atoms with E-state index in [9.17, 15) is 5.11 Å². The molecule has 1 aromatic rings. The van der Waals surface area contributed by atoms with Crippen molar-refractivity contribution < 1.29 is 5.11 Å². The predicted octanol–water partition coefficient (Wildman–Crippen LogP) is 5.44. The average molecular weight is 268 g/mol. The molecule has 0 saturated carbocycles. The monoisotopic (exact) mass is 268 g/mol. The summed E-state index contributed by atoms with van der Waals surface area (Å²) in [5.74, 6) is 0. The maximum Gasteiger partial charge on any atom is 0.0882 e. The van der Waals surface area contributed by atoms with E-state index >= 15 is 0 Å². The number of unbranched alkanes of at least 4 members (excludes halogenated alkanes) is 4. The van der Waals surface area contributed by atoms with Crippen molar-refractivity contribution in [2.45, 2.75) is 77.7 Å². The molecule has 0 aromatic carbocycles. The Balaban J connectivity index is 2.37. The van der Waals surface area contributed by atoms with Crippen molar-refractivity contribution in [3.05, 3.63) is 21.9 Å². The minimum atomic E-state index is -0.257. The molecule has 1 atom stereocenters. The lowest BCUT2D eigenvalue weighted by Crippen LogP contribution is -2.07. The highest BCUT2D eigenvalue weighted by molar-refractivity contribution is 7.12. The van der Waals surface area contributed by atoms with E-state index in [4.69, 9.17) is 0 Å². The summed E-state index contributed by atoms with van der Waals surface area (Å²) in [6, 6.07) is 4.27. The van der Waals surface area contributed by atoms with E-state index in [1.807, 2.05) is 0 Å². The summed E-state index contributed by atoms with van der Waals surface area (Å²) in [5, 5.41) is 10.2. The molecule has 1 heterocycles. The van der Waals surface area contributed by atoms with Crippen molar-refractivity contribution in [3.63, 3.8) is 0 Å². The third-order valence-electron chi connectivity index (χ3n) is 3.28. The van der Waals surface area contributed by atoms with Gasteiger partial charge in [0, 0.05) is 9.75 Å². The normalized spacial score (nSPS) is 13.8. The van der Waals surface area contributed by atoms with Crippen molar-refractivity contribution in [2.75, 3.05) is 0 Å². The summed E-state index contributed by atoms with van der Waals surface area (Å²) in [6.45, 7) is 8.90. The van der Waals surface area contributed by atoms with Crippen LogP contribution in [0.25, 0.3) is 0 Å². The van der Waals surface area contributed by atoms with Crippen LogP contribution in [0.2, 0.25) is 0 Å². The third-order valence-corrected chi connectivity index (χ3v) is 4.89. The van der Waals surface area contributed by atoms with Gasteiger partial charge in [-0.2, -0.15) is 0 Å². The van der Waals surface area contributed by atoms with Gasteiger partial charge in [-0.15, -0.1) is 11.3 Å². The molecule has 2 heteroatoms. The van der Waals surface area contributed by atoms with Gasteiger partial charge in [-0.25, -0.2) is 0 Å². The molecule has 0 saturated heterocycles. The molecule has 0 fully saturated rings. The van der Waals surface area contributed by atoms with Gasteiger partial charge in [-0.1, -0.05) is 59.8 Å². The minimum absolute atomic E-state index is 0.198. The summed E-state index contributed by atoms with van der Waals surface area (Å²) in [6.07, 6.45) is 6.96. The maximum absolute atomic E-state index is 10.2. The van der Waals surface area contributed by atoms with Gasteiger partial charge in [0.1, 0.15) is 0 Å². The molecule has 1 nitrogen and oxygen atoms in total. The van der Waals surface area contributed by atoms with Gasteiger partial charge in [-0.05, 0) is 24.0 Å². The fourth-order valence-corrected chi connectivity index (χ4v) is 3.10. The van der Waals surface area contributed by atoms with Gasteiger partial charge < -0.3 is 5.11 Å². The topological polar surface area (TPSA) is 20.2 Å². The quantitative estimate of drug-likeness (QED) is 0.653. The summed E-state index contributed by atoms with van der Waals surface area (Å²) < 4.78 is 0. The van der Waals surface area contributed by atoms with Crippen LogP contribution in [0.3, 0.4) is 0 Å². The zero-order chi connectivity index (χ0) is 13.6. The first kappa shape index (κ1) is 15.7. The van der Waals surface area contributed by atoms with E-state index in [1.54, 1.807) is 11.3 Å². The van der Waals surface area contributed by atoms with Gasteiger partial charge >= 0.3 is 0 Å². The van der Waals surface area contributed by atoms with E-state index in [0.717, 1.165) is 17.7 Å². The fourth-order valence-electron chi connectivity index (χ4n) is 2.02. The van der Waals surface area contributed by atoms with E-state index in [1.165, 1.54) is 30.6 Å². The molecular weight excluding hydrogens is 240 g/mol. The van der Waals surface area contributed by atoms with Crippen LogP contribution in [0.1, 0.15) is 82.1 Å². The Bertz CT molecular complexity index is 335. The second-order valence-electron chi connectivity index (χ2n) is 6.17. The summed E-state index contributed by atoms with van der Waals surface area (Å²) in [5.41, 5.74) is 0.198. The first-order valence-electron chi connectivity index (χ1n) is 7.23. The highest BCUT2D eigenvalue weighted by Crippen LogP contribution is 2.33. The number of hydrogen-bond donors (Lipinski definition) is 1. The minimum Gasteiger partial charge on any atom is -0.388 e. The summed E-state index contributed by atoms with van der Waals surface area (Å²) in [4.78, 5) is 2.50. The van der Waals surface area contributed by atoms with Crippen LogP contribution in [-0.4, -0.2) is 5.11 Å². The third kappa shape index (κ3) is 5.11. The predicted molar refractivity (Wildman–Crippen MR) is 81.4 cm³/mol. The molecule has 0 spiro atoms. The average Bonchev–Trinajstić information content (AvgIpc) is 2.77. The Kier molecular flexibility index (Phi) is 6.37. The van der Waals surface area contributed by atoms with Gasteiger partial charge in [0.25, 0.3) is 0 Å². The molecule has 0 aliphatic rings. The molecule has 1 N–H and O–H groups in total. The van der Waals surface area contributed by atoms with Gasteiger partial charge in [0.15, 0.2) is 0 Å². The smallest absolute Gasteiger partial charge is 0.0882 e. The second kappa shape index (κ2) is 7.30. The number of rotatable bonds is 7. The van der Waals surface area contributed by atoms with Crippen LogP contribution < -0.4 is 0 Å². The molecule has 0 bridgehead atoms. The molecule has 1 aromatic heterocycles. The fraction of sp³-hybridized carbons (Fsp3) is 0.750. The van der Waals surface area contributed by atoms with Gasteiger partial charge in [-0.3, -0.25) is 0 Å². The zero-order valence-electron chi connectivity index (χ0n) is 12.3. The van der Waals surface area contributed by atoms with Gasteiger partial charge in [0.05, 0.1) is 6.10 Å². The van der Waals surface area contributed by atoms with E-state index in [0.29, 0.717) is 0 Å². The van der Waals surface area contributed by atoms with Crippen molar-refractivity contribution >= 4 is 11.3 Å². The summed E-state index contributed by atoms with van der Waals surface area (Å²) in [7, 11) is 0. The van der Waals surface area contributed by atoms with Gasteiger partial charge in [0.2, 0.25) is 0 Å². The van der Waals surface area contributed by atoms with Crippen LogP contribution in [-0.2, 0) is 5.41 Å². The number of thiophene rings is 1. The first-order chi connectivity index (χ1) is 8.45. The Hall–Kier alpha value is -0.340. The van der Waals surface area contributed by atoms with Crippen molar-refractivity contribution in [1.29, 1.82) is 0 Å². The molecule has 1 rings (SSSR count). The van der Waals surface area contributed by atoms with Crippen molar-refractivity contribution in [3.8, 4) is 0 Å². The highest BCUT2D eigenvalue weighted by atomic mass is 32.1. The first-order valence-corrected chi connectivity index (χ1v) is 8.05. The van der Waals surface area contributed by atoms with Crippen molar-refractivity contribution in [2.24, 2.45) is 0 Å². The Labute approximate surface area is 116 Å².